The highest BCUT2D eigenvalue weighted by molar-refractivity contribution is 5.97. The Bertz CT molecular complexity index is 1390. The minimum Gasteiger partial charge on any atom is -0.497 e. The van der Waals surface area contributed by atoms with Crippen molar-refractivity contribution in [3.63, 3.8) is 0 Å². The number of nitrogens with zero attached hydrogens (tertiary/aromatic N) is 4. The zero-order valence-electron chi connectivity index (χ0n) is 23.3. The van der Waals surface area contributed by atoms with E-state index in [-0.39, 0.29) is 23.3 Å². The lowest BCUT2D eigenvalue weighted by atomic mass is 9.96. The molecule has 0 bridgehead atoms. The Morgan fingerprint density at radius 1 is 1.02 bits per heavy atom. The first kappa shape index (κ1) is 33.3. The molecular weight excluding hydrogens is 557 g/mol. The number of nitrogens with one attached hydrogen (secondary N) is 1. The Labute approximate surface area is 240 Å². The topological polar surface area (TPSA) is 204 Å². The second kappa shape index (κ2) is 14.7. The van der Waals surface area contributed by atoms with Crippen molar-refractivity contribution in [2.24, 2.45) is 0 Å². The van der Waals surface area contributed by atoms with Crippen LogP contribution in [-0.2, 0) is 14.4 Å². The predicted octanol–water partition coefficient (Wildman–Crippen LogP) is 2.08. The average molecular weight is 590 g/mol. The second-order valence-corrected chi connectivity index (χ2v) is 9.31. The largest absolute Gasteiger partial charge is 0.497 e. The quantitative estimate of drug-likeness (QED) is 0.181. The van der Waals surface area contributed by atoms with Gasteiger partial charge in [0.05, 0.1) is 31.7 Å². The van der Waals surface area contributed by atoms with Crippen LogP contribution in [0.2, 0.25) is 0 Å². The second-order valence-electron chi connectivity index (χ2n) is 9.31. The van der Waals surface area contributed by atoms with E-state index in [1.54, 1.807) is 42.1 Å². The number of Topliss-reactive ketones (excluding diaryl/α,β-unsaturated/α-hetero) is 1. The summed E-state index contributed by atoms with van der Waals surface area (Å²) in [6.07, 6.45) is -2.29. The highest BCUT2D eigenvalue weighted by Gasteiger charge is 2.40. The van der Waals surface area contributed by atoms with Gasteiger partial charge in [-0.15, -0.1) is 5.10 Å². The van der Waals surface area contributed by atoms with Crippen LogP contribution in [0, 0.1) is 5.82 Å². The monoisotopic (exact) mass is 589 g/mol. The molecule has 0 fully saturated rings. The van der Waals surface area contributed by atoms with Crippen LogP contribution >= 0.6 is 0 Å². The number of carbonyl (C=O) groups is 4. The van der Waals surface area contributed by atoms with Crippen LogP contribution in [0.5, 0.6) is 5.75 Å². The molecular formula is C27H32FN5O9. The molecule has 0 aliphatic carbocycles. The number of carboxylic acids is 3. The molecule has 226 valence electrons. The van der Waals surface area contributed by atoms with Gasteiger partial charge in [0.2, 0.25) is 0 Å². The van der Waals surface area contributed by atoms with Crippen molar-refractivity contribution in [2.75, 3.05) is 33.1 Å². The van der Waals surface area contributed by atoms with Crippen LogP contribution in [0.4, 0.5) is 10.2 Å². The Morgan fingerprint density at radius 3 is 2.05 bits per heavy atom. The van der Waals surface area contributed by atoms with Gasteiger partial charge in [0, 0.05) is 19.0 Å². The summed E-state index contributed by atoms with van der Waals surface area (Å²) < 4.78 is 21.1. The van der Waals surface area contributed by atoms with Crippen LogP contribution in [0.15, 0.2) is 48.5 Å². The molecule has 1 heterocycles. The third-order valence-electron chi connectivity index (χ3n) is 5.96. The molecule has 0 aliphatic rings. The summed E-state index contributed by atoms with van der Waals surface area (Å²) in [5.74, 6) is -4.33. The van der Waals surface area contributed by atoms with Gasteiger partial charge in [-0.05, 0) is 44.4 Å². The molecule has 2 aromatic carbocycles. The summed E-state index contributed by atoms with van der Waals surface area (Å²) in [4.78, 5) is 44.5. The molecule has 0 radical (unpaired) electrons. The van der Waals surface area contributed by atoms with Crippen LogP contribution in [0.3, 0.4) is 0 Å². The maximum absolute atomic E-state index is 14.3. The van der Waals surface area contributed by atoms with Gasteiger partial charge in [-0.2, -0.15) is 4.68 Å². The summed E-state index contributed by atoms with van der Waals surface area (Å²) in [6.45, 7) is 1.80. The number of ketones is 1. The van der Waals surface area contributed by atoms with E-state index in [1.165, 1.54) is 13.0 Å². The third kappa shape index (κ3) is 8.81. The fraction of sp³-hybridized carbons (Fsp3) is 0.333. The number of benzene rings is 2. The Kier molecular flexibility index (Phi) is 11.6. The molecule has 3 rings (SSSR count). The highest BCUT2D eigenvalue weighted by Crippen LogP contribution is 2.25. The van der Waals surface area contributed by atoms with Crippen molar-refractivity contribution >= 4 is 29.5 Å². The zero-order chi connectivity index (χ0) is 31.6. The van der Waals surface area contributed by atoms with Gasteiger partial charge in [0.25, 0.3) is 0 Å². The highest BCUT2D eigenvalue weighted by atomic mass is 19.1. The lowest BCUT2D eigenvalue weighted by Crippen LogP contribution is -2.42. The number of aliphatic hydroxyl groups is 1. The van der Waals surface area contributed by atoms with Gasteiger partial charge < -0.3 is 35.4 Å². The van der Waals surface area contributed by atoms with E-state index in [0.717, 1.165) is 5.69 Å². The number of carbonyl (C=O) groups excluding carboxylic acids is 1. The lowest BCUT2D eigenvalue weighted by Gasteiger charge is -2.26. The first-order valence-corrected chi connectivity index (χ1v) is 12.3. The van der Waals surface area contributed by atoms with Gasteiger partial charge >= 0.3 is 17.9 Å². The van der Waals surface area contributed by atoms with Crippen LogP contribution in [-0.4, -0.2) is 97.4 Å². The summed E-state index contributed by atoms with van der Waals surface area (Å²) in [6, 6.07) is 13.7. The van der Waals surface area contributed by atoms with Crippen molar-refractivity contribution in [1.29, 1.82) is 0 Å². The maximum atomic E-state index is 14.3. The van der Waals surface area contributed by atoms with Gasteiger partial charge in [-0.3, -0.25) is 14.4 Å². The average Bonchev–Trinajstić information content (AvgIpc) is 3.33. The molecule has 1 atom stereocenters. The standard InChI is InChI=1S/C21H24FN5O2.C6H8O7/c1-14(28)20-21(27(25-24-20)15-9-11-16(29-4)12-10-15)23-13-19(26(2)3)17-7-5-6-8-18(17)22;7-3(8)1-6(13,5(11)12)2-4(9)10/h5-12,19,23H,13H2,1-4H3;13H,1-2H2,(H,7,8)(H,9,10)(H,11,12). The predicted molar refractivity (Wildman–Crippen MR) is 146 cm³/mol. The van der Waals surface area contributed by atoms with Crippen LogP contribution < -0.4 is 10.1 Å². The fourth-order valence-electron chi connectivity index (χ4n) is 3.81. The Hall–Kier alpha value is -4.89. The number of rotatable bonds is 13. The number of hydrogen-bond acceptors (Lipinski definition) is 10. The molecule has 0 amide bonds. The van der Waals surface area contributed by atoms with E-state index < -0.39 is 36.4 Å². The molecule has 0 spiro atoms. The van der Waals surface area contributed by atoms with Crippen molar-refractivity contribution in [3.8, 4) is 11.4 Å². The summed E-state index contributed by atoms with van der Waals surface area (Å²) in [5.41, 5.74) is -1.22. The Balaban J connectivity index is 0.000000401. The third-order valence-corrected chi connectivity index (χ3v) is 5.96. The minimum absolute atomic E-state index is 0.209. The molecule has 5 N–H and O–H groups in total. The number of ether oxygens (including phenoxy) is 1. The first-order chi connectivity index (χ1) is 19.7. The summed E-state index contributed by atoms with van der Waals surface area (Å²) in [7, 11) is 5.35. The number of hydrogen-bond donors (Lipinski definition) is 5. The van der Waals surface area contributed by atoms with Gasteiger partial charge in [0.15, 0.2) is 22.9 Å². The number of methoxy groups -OCH3 is 1. The first-order valence-electron chi connectivity index (χ1n) is 12.3. The summed E-state index contributed by atoms with van der Waals surface area (Å²) in [5, 5.41) is 45.2. The Morgan fingerprint density at radius 2 is 1.60 bits per heavy atom. The van der Waals surface area contributed by atoms with E-state index in [2.05, 4.69) is 15.6 Å². The molecule has 42 heavy (non-hydrogen) atoms. The molecule has 0 aliphatic heterocycles. The van der Waals surface area contributed by atoms with Crippen LogP contribution in [0.1, 0.15) is 41.9 Å². The number of aliphatic carboxylic acids is 3. The van der Waals surface area contributed by atoms with Crippen molar-refractivity contribution in [1.82, 2.24) is 19.9 Å². The van der Waals surface area contributed by atoms with E-state index >= 15 is 0 Å². The number of halogens is 1. The number of anilines is 1. The van der Waals surface area contributed by atoms with Gasteiger partial charge in [-0.1, -0.05) is 23.4 Å². The zero-order valence-corrected chi connectivity index (χ0v) is 23.3. The fourth-order valence-corrected chi connectivity index (χ4v) is 3.81. The maximum Gasteiger partial charge on any atom is 0.336 e. The lowest BCUT2D eigenvalue weighted by molar-refractivity contribution is -0.170. The number of carboxylic acid groups (broad SMARTS) is 3. The van der Waals surface area contributed by atoms with E-state index in [0.29, 0.717) is 23.7 Å². The molecule has 3 aromatic rings. The van der Waals surface area contributed by atoms with E-state index in [9.17, 15) is 23.6 Å². The van der Waals surface area contributed by atoms with Gasteiger partial charge in [-0.25, -0.2) is 9.18 Å². The van der Waals surface area contributed by atoms with Crippen molar-refractivity contribution in [2.45, 2.75) is 31.4 Å². The minimum atomic E-state index is -2.74. The van der Waals surface area contributed by atoms with E-state index in [1.807, 2.05) is 31.1 Å². The van der Waals surface area contributed by atoms with Crippen molar-refractivity contribution < 1.29 is 48.7 Å². The van der Waals surface area contributed by atoms with Crippen molar-refractivity contribution in [3.05, 3.63) is 65.6 Å². The summed E-state index contributed by atoms with van der Waals surface area (Å²) >= 11 is 0. The van der Waals surface area contributed by atoms with Gasteiger partial charge in [0.1, 0.15) is 11.6 Å². The molecule has 0 saturated carbocycles. The SMILES string of the molecule is COc1ccc(-n2nnc(C(C)=O)c2NCC(c2ccccc2F)N(C)C)cc1.O=C(O)CC(O)(CC(=O)O)C(=O)O. The normalized spacial score (nSPS) is 11.7. The smallest absolute Gasteiger partial charge is 0.336 e. The molecule has 0 saturated heterocycles. The van der Waals surface area contributed by atoms with E-state index in [4.69, 9.17) is 25.2 Å². The molecule has 1 unspecified atom stereocenters. The molecule has 14 nitrogen and oxygen atoms in total. The number of likely N-dealkylation sites (N-methyl/N-ethyl adjacent to an activating group) is 1. The molecule has 1 aromatic heterocycles. The van der Waals surface area contributed by atoms with Crippen LogP contribution in [0.25, 0.3) is 5.69 Å². The number of aromatic nitrogens is 3. The molecule has 15 heteroatoms.